The molecule has 0 aromatic carbocycles. The molecule has 0 aromatic heterocycles. The van der Waals surface area contributed by atoms with Gasteiger partial charge in [-0.3, -0.25) is 0 Å². The lowest BCUT2D eigenvalue weighted by Gasteiger charge is -2.18. The van der Waals surface area contributed by atoms with E-state index in [9.17, 15) is 0 Å². The molecular weight excluding hydrogens is 144 g/mol. The highest BCUT2D eigenvalue weighted by atomic mass is 16.3. The smallest absolute Gasteiger partial charge is 0.0895 e. The van der Waals surface area contributed by atoms with Crippen LogP contribution in [0.5, 0.6) is 0 Å². The van der Waals surface area contributed by atoms with Gasteiger partial charge in [-0.25, -0.2) is 0 Å². The Bertz CT molecular complexity index is 98.4. The van der Waals surface area contributed by atoms with Gasteiger partial charge in [0.2, 0.25) is 0 Å². The molecule has 0 amide bonds. The minimum atomic E-state index is -0.684. The molecule has 4 heteroatoms. The Morgan fingerprint density at radius 3 is 2.36 bits per heavy atom. The van der Waals surface area contributed by atoms with E-state index in [4.69, 9.17) is 15.9 Å². The van der Waals surface area contributed by atoms with Crippen molar-refractivity contribution < 1.29 is 10.2 Å². The first-order valence-electron chi connectivity index (χ1n) is 3.85. The standard InChI is InChI=1S/C7H18N2O2/c1-5(8)6(2)9-3-7(11)4-10/h5-7,9-11H,3-4,8H2,1-2H3. The summed E-state index contributed by atoms with van der Waals surface area (Å²) in [7, 11) is 0. The van der Waals surface area contributed by atoms with E-state index in [1.807, 2.05) is 13.8 Å². The second-order valence-corrected chi connectivity index (χ2v) is 2.89. The van der Waals surface area contributed by atoms with Gasteiger partial charge in [0, 0.05) is 18.6 Å². The molecule has 0 aliphatic heterocycles. The molecule has 3 atom stereocenters. The van der Waals surface area contributed by atoms with Crippen molar-refractivity contribution in [1.29, 1.82) is 0 Å². The van der Waals surface area contributed by atoms with Crippen molar-refractivity contribution in [3.05, 3.63) is 0 Å². The van der Waals surface area contributed by atoms with Gasteiger partial charge in [0.15, 0.2) is 0 Å². The molecule has 0 heterocycles. The molecular formula is C7H18N2O2. The van der Waals surface area contributed by atoms with Crippen LogP contribution in [-0.2, 0) is 0 Å². The molecule has 0 aromatic rings. The molecule has 5 N–H and O–H groups in total. The lowest BCUT2D eigenvalue weighted by Crippen LogP contribution is -2.44. The first kappa shape index (κ1) is 10.8. The molecule has 0 saturated carbocycles. The summed E-state index contributed by atoms with van der Waals surface area (Å²) in [5.74, 6) is 0. The number of aliphatic hydroxyl groups is 2. The van der Waals surface area contributed by atoms with E-state index in [0.717, 1.165) is 0 Å². The quantitative estimate of drug-likeness (QED) is 0.404. The summed E-state index contributed by atoms with van der Waals surface area (Å²) < 4.78 is 0. The van der Waals surface area contributed by atoms with Crippen LogP contribution in [-0.4, -0.2) is 41.6 Å². The minimum absolute atomic E-state index is 0.0564. The summed E-state index contributed by atoms with van der Waals surface area (Å²) >= 11 is 0. The van der Waals surface area contributed by atoms with E-state index < -0.39 is 6.10 Å². The van der Waals surface area contributed by atoms with Gasteiger partial charge in [-0.15, -0.1) is 0 Å². The van der Waals surface area contributed by atoms with Crippen LogP contribution >= 0.6 is 0 Å². The lowest BCUT2D eigenvalue weighted by atomic mass is 10.2. The third-order valence-electron chi connectivity index (χ3n) is 1.67. The molecule has 0 aliphatic carbocycles. The molecule has 0 spiro atoms. The highest BCUT2D eigenvalue weighted by Crippen LogP contribution is 1.87. The van der Waals surface area contributed by atoms with Crippen LogP contribution in [0, 0.1) is 0 Å². The fraction of sp³-hybridized carbons (Fsp3) is 1.00. The third kappa shape index (κ3) is 5.15. The fourth-order valence-corrected chi connectivity index (χ4v) is 0.572. The highest BCUT2D eigenvalue weighted by Gasteiger charge is 2.08. The topological polar surface area (TPSA) is 78.5 Å². The van der Waals surface area contributed by atoms with Gasteiger partial charge >= 0.3 is 0 Å². The van der Waals surface area contributed by atoms with Crippen molar-refractivity contribution in [1.82, 2.24) is 5.32 Å². The normalized spacial score (nSPS) is 19.4. The number of nitrogens with one attached hydrogen (secondary N) is 1. The summed E-state index contributed by atoms with van der Waals surface area (Å²) in [4.78, 5) is 0. The van der Waals surface area contributed by atoms with Gasteiger partial charge in [-0.2, -0.15) is 0 Å². The van der Waals surface area contributed by atoms with Crippen LogP contribution in [0.15, 0.2) is 0 Å². The van der Waals surface area contributed by atoms with Crippen molar-refractivity contribution in [2.45, 2.75) is 32.0 Å². The van der Waals surface area contributed by atoms with Gasteiger partial charge in [-0.1, -0.05) is 0 Å². The number of hydrogen-bond donors (Lipinski definition) is 4. The third-order valence-corrected chi connectivity index (χ3v) is 1.67. The number of nitrogens with two attached hydrogens (primary N) is 1. The Labute approximate surface area is 67.4 Å². The van der Waals surface area contributed by atoms with E-state index in [1.165, 1.54) is 0 Å². The summed E-state index contributed by atoms with van der Waals surface area (Å²) in [6, 6.07) is 0.220. The van der Waals surface area contributed by atoms with Crippen LogP contribution in [0.1, 0.15) is 13.8 Å². The van der Waals surface area contributed by atoms with Gasteiger partial charge in [0.25, 0.3) is 0 Å². The molecule has 11 heavy (non-hydrogen) atoms. The Balaban J connectivity index is 3.37. The Hall–Kier alpha value is -0.160. The molecule has 0 bridgehead atoms. The van der Waals surface area contributed by atoms with Gasteiger partial charge in [0.05, 0.1) is 12.7 Å². The summed E-state index contributed by atoms with van der Waals surface area (Å²) in [5.41, 5.74) is 5.56. The molecule has 4 nitrogen and oxygen atoms in total. The predicted molar refractivity (Wildman–Crippen MR) is 44.2 cm³/mol. The Kier molecular flexibility index (Phi) is 5.41. The Morgan fingerprint density at radius 2 is 2.00 bits per heavy atom. The second-order valence-electron chi connectivity index (χ2n) is 2.89. The van der Waals surface area contributed by atoms with Crippen molar-refractivity contribution in [2.75, 3.05) is 13.2 Å². The number of aliphatic hydroxyl groups excluding tert-OH is 2. The fourth-order valence-electron chi connectivity index (χ4n) is 0.572. The first-order chi connectivity index (χ1) is 5.07. The molecule has 0 saturated heterocycles. The van der Waals surface area contributed by atoms with Crippen LogP contribution in [0.4, 0.5) is 0 Å². The maximum atomic E-state index is 8.94. The average Bonchev–Trinajstić information content (AvgIpc) is 1.99. The maximum Gasteiger partial charge on any atom is 0.0895 e. The number of hydrogen-bond acceptors (Lipinski definition) is 4. The monoisotopic (exact) mass is 162 g/mol. The van der Waals surface area contributed by atoms with Gasteiger partial charge < -0.3 is 21.3 Å². The first-order valence-corrected chi connectivity index (χ1v) is 3.85. The van der Waals surface area contributed by atoms with E-state index in [-0.39, 0.29) is 18.7 Å². The van der Waals surface area contributed by atoms with Crippen LogP contribution < -0.4 is 11.1 Å². The van der Waals surface area contributed by atoms with Crippen molar-refractivity contribution in [2.24, 2.45) is 5.73 Å². The number of rotatable bonds is 5. The van der Waals surface area contributed by atoms with Gasteiger partial charge in [-0.05, 0) is 13.8 Å². The Morgan fingerprint density at radius 1 is 1.45 bits per heavy atom. The van der Waals surface area contributed by atoms with Crippen LogP contribution in [0.3, 0.4) is 0 Å². The van der Waals surface area contributed by atoms with Crippen LogP contribution in [0.25, 0.3) is 0 Å². The maximum absolute atomic E-state index is 8.94. The average molecular weight is 162 g/mol. The summed E-state index contributed by atoms with van der Waals surface area (Å²) in [6.45, 7) is 4.01. The SMILES string of the molecule is CC(N)C(C)NCC(O)CO. The molecule has 3 unspecified atom stereocenters. The molecule has 0 rings (SSSR count). The second kappa shape index (κ2) is 5.49. The predicted octanol–water partition coefficient (Wildman–Crippen LogP) is -1.34. The van der Waals surface area contributed by atoms with Crippen molar-refractivity contribution in [3.8, 4) is 0 Å². The zero-order valence-electron chi connectivity index (χ0n) is 7.12. The van der Waals surface area contributed by atoms with E-state index in [0.29, 0.717) is 6.54 Å². The summed E-state index contributed by atoms with van der Waals surface area (Å²) in [6.07, 6.45) is -0.684. The lowest BCUT2D eigenvalue weighted by molar-refractivity contribution is 0.0917. The largest absolute Gasteiger partial charge is 0.394 e. The van der Waals surface area contributed by atoms with Crippen LogP contribution in [0.2, 0.25) is 0 Å². The highest BCUT2D eigenvalue weighted by molar-refractivity contribution is 4.71. The van der Waals surface area contributed by atoms with E-state index in [1.54, 1.807) is 0 Å². The zero-order chi connectivity index (χ0) is 8.85. The van der Waals surface area contributed by atoms with E-state index in [2.05, 4.69) is 5.32 Å². The van der Waals surface area contributed by atoms with Crippen molar-refractivity contribution in [3.63, 3.8) is 0 Å². The minimum Gasteiger partial charge on any atom is -0.394 e. The van der Waals surface area contributed by atoms with Crippen molar-refractivity contribution >= 4 is 0 Å². The summed E-state index contributed by atoms with van der Waals surface area (Å²) in [5, 5.41) is 20.4. The molecule has 68 valence electrons. The molecule has 0 radical (unpaired) electrons. The zero-order valence-corrected chi connectivity index (χ0v) is 7.12. The molecule has 0 fully saturated rings. The molecule has 0 aliphatic rings. The van der Waals surface area contributed by atoms with Gasteiger partial charge in [0.1, 0.15) is 0 Å². The van der Waals surface area contributed by atoms with E-state index >= 15 is 0 Å².